The number of aromatic nitrogens is 4. The van der Waals surface area contributed by atoms with Crippen LogP contribution in [-0.2, 0) is 0 Å². The number of pyridine rings is 2. The van der Waals surface area contributed by atoms with Crippen LogP contribution in [-0.4, -0.2) is 26.9 Å². The maximum Gasteiger partial charge on any atom is 0.227 e. The van der Waals surface area contributed by atoms with E-state index in [9.17, 15) is 0 Å². The Labute approximate surface area is 157 Å². The van der Waals surface area contributed by atoms with Crippen molar-refractivity contribution in [2.75, 3.05) is 7.11 Å². The van der Waals surface area contributed by atoms with Gasteiger partial charge in [0.1, 0.15) is 11.5 Å². The topological polar surface area (TPSA) is 62.1 Å². The summed E-state index contributed by atoms with van der Waals surface area (Å²) in [6.45, 7) is 1.96. The molecular formula is C21H18N4O2. The Morgan fingerprint density at radius 1 is 0.889 bits per heavy atom. The van der Waals surface area contributed by atoms with Gasteiger partial charge in [-0.1, -0.05) is 0 Å². The van der Waals surface area contributed by atoms with Crippen molar-refractivity contribution in [1.29, 1.82) is 0 Å². The summed E-state index contributed by atoms with van der Waals surface area (Å²) in [5.74, 6) is 1.81. The van der Waals surface area contributed by atoms with Crippen LogP contribution in [0.3, 0.4) is 0 Å². The lowest BCUT2D eigenvalue weighted by Gasteiger charge is -2.13. The number of ether oxygens (including phenoxy) is 2. The van der Waals surface area contributed by atoms with Gasteiger partial charge < -0.3 is 9.47 Å². The molecule has 0 saturated heterocycles. The molecule has 4 rings (SSSR count). The van der Waals surface area contributed by atoms with Crippen LogP contribution >= 0.6 is 0 Å². The van der Waals surface area contributed by atoms with Crippen molar-refractivity contribution in [2.24, 2.45) is 0 Å². The second-order valence-electron chi connectivity index (χ2n) is 5.96. The van der Waals surface area contributed by atoms with Crippen molar-refractivity contribution in [3.63, 3.8) is 0 Å². The van der Waals surface area contributed by atoms with Crippen LogP contribution in [0, 0.1) is 6.92 Å². The van der Waals surface area contributed by atoms with Gasteiger partial charge in [-0.2, -0.15) is 5.10 Å². The van der Waals surface area contributed by atoms with E-state index in [0.717, 1.165) is 22.5 Å². The molecule has 0 spiro atoms. The molecule has 0 saturated carbocycles. The fourth-order valence-electron chi connectivity index (χ4n) is 2.80. The van der Waals surface area contributed by atoms with Crippen LogP contribution in [0.1, 0.15) is 5.69 Å². The summed E-state index contributed by atoms with van der Waals surface area (Å²) in [4.78, 5) is 8.68. The molecule has 0 aliphatic heterocycles. The molecule has 6 heteroatoms. The SMILES string of the molecule is COc1cc(Oc2ncccc2-c2ccnc(C)c2)cc(-n2cccn2)c1. The largest absolute Gasteiger partial charge is 0.497 e. The average molecular weight is 358 g/mol. The highest BCUT2D eigenvalue weighted by Crippen LogP contribution is 2.33. The molecule has 3 heterocycles. The van der Waals surface area contributed by atoms with Crippen molar-refractivity contribution in [3.05, 3.63) is 79.0 Å². The normalized spacial score (nSPS) is 10.6. The minimum Gasteiger partial charge on any atom is -0.497 e. The van der Waals surface area contributed by atoms with Crippen molar-refractivity contribution in [1.82, 2.24) is 19.7 Å². The monoisotopic (exact) mass is 358 g/mol. The van der Waals surface area contributed by atoms with Crippen LogP contribution in [0.2, 0.25) is 0 Å². The van der Waals surface area contributed by atoms with Crippen LogP contribution in [0.5, 0.6) is 17.4 Å². The number of nitrogens with zero attached hydrogens (tertiary/aromatic N) is 4. The first-order chi connectivity index (χ1) is 13.2. The maximum absolute atomic E-state index is 6.13. The molecule has 0 aliphatic carbocycles. The van der Waals surface area contributed by atoms with E-state index in [-0.39, 0.29) is 0 Å². The number of benzene rings is 1. The van der Waals surface area contributed by atoms with E-state index in [2.05, 4.69) is 15.1 Å². The number of methoxy groups -OCH3 is 1. The summed E-state index contributed by atoms with van der Waals surface area (Å²) in [5.41, 5.74) is 3.67. The standard InChI is InChI=1S/C21H18N4O2/c1-15-11-16(6-9-22-15)20-5-3-7-23-21(20)27-19-13-17(12-18(14-19)26-2)25-10-4-8-24-25/h3-14H,1-2H3. The lowest BCUT2D eigenvalue weighted by atomic mass is 10.1. The zero-order valence-electron chi connectivity index (χ0n) is 15.0. The zero-order valence-corrected chi connectivity index (χ0v) is 15.0. The third-order valence-corrected chi connectivity index (χ3v) is 4.06. The van der Waals surface area contributed by atoms with Gasteiger partial charge in [0, 0.05) is 54.2 Å². The van der Waals surface area contributed by atoms with Crippen molar-refractivity contribution in [3.8, 4) is 34.2 Å². The highest BCUT2D eigenvalue weighted by Gasteiger charge is 2.11. The molecular weight excluding hydrogens is 340 g/mol. The van der Waals surface area contributed by atoms with Gasteiger partial charge in [0.2, 0.25) is 5.88 Å². The Balaban J connectivity index is 1.74. The average Bonchev–Trinajstić information content (AvgIpc) is 3.23. The molecule has 0 aliphatic rings. The second-order valence-corrected chi connectivity index (χ2v) is 5.96. The van der Waals surface area contributed by atoms with Crippen LogP contribution in [0.25, 0.3) is 16.8 Å². The van der Waals surface area contributed by atoms with Gasteiger partial charge in [-0.25, -0.2) is 9.67 Å². The molecule has 27 heavy (non-hydrogen) atoms. The first-order valence-electron chi connectivity index (χ1n) is 8.48. The summed E-state index contributed by atoms with van der Waals surface area (Å²) < 4.78 is 13.3. The molecule has 6 nitrogen and oxygen atoms in total. The number of hydrogen-bond donors (Lipinski definition) is 0. The Morgan fingerprint density at radius 3 is 2.56 bits per heavy atom. The fraction of sp³-hybridized carbons (Fsp3) is 0.0952. The molecule has 0 unspecified atom stereocenters. The smallest absolute Gasteiger partial charge is 0.227 e. The van der Waals surface area contributed by atoms with Crippen molar-refractivity contribution in [2.45, 2.75) is 6.92 Å². The highest BCUT2D eigenvalue weighted by molar-refractivity contribution is 5.69. The first kappa shape index (κ1) is 16.8. The van der Waals surface area contributed by atoms with Gasteiger partial charge in [0.05, 0.1) is 12.8 Å². The lowest BCUT2D eigenvalue weighted by molar-refractivity contribution is 0.407. The number of rotatable bonds is 5. The Kier molecular flexibility index (Phi) is 4.53. The second kappa shape index (κ2) is 7.29. The van der Waals surface area contributed by atoms with E-state index in [1.54, 1.807) is 30.4 Å². The fourth-order valence-corrected chi connectivity index (χ4v) is 2.80. The Morgan fingerprint density at radius 2 is 1.78 bits per heavy atom. The molecule has 1 aromatic carbocycles. The summed E-state index contributed by atoms with van der Waals surface area (Å²) in [6, 6.07) is 15.3. The molecule has 0 radical (unpaired) electrons. The van der Waals surface area contributed by atoms with E-state index in [1.807, 2.05) is 61.7 Å². The van der Waals surface area contributed by atoms with Gasteiger partial charge >= 0.3 is 0 Å². The minimum absolute atomic E-state index is 0.516. The zero-order chi connectivity index (χ0) is 18.6. The van der Waals surface area contributed by atoms with Crippen LogP contribution < -0.4 is 9.47 Å². The molecule has 134 valence electrons. The predicted molar refractivity (Wildman–Crippen MR) is 102 cm³/mol. The van der Waals surface area contributed by atoms with Crippen LogP contribution in [0.4, 0.5) is 0 Å². The van der Waals surface area contributed by atoms with Gasteiger partial charge in [-0.05, 0) is 42.8 Å². The summed E-state index contributed by atoms with van der Waals surface area (Å²) in [6.07, 6.45) is 7.08. The van der Waals surface area contributed by atoms with E-state index in [4.69, 9.17) is 9.47 Å². The molecule has 3 aromatic heterocycles. The lowest BCUT2D eigenvalue weighted by Crippen LogP contribution is -1.98. The summed E-state index contributed by atoms with van der Waals surface area (Å²) >= 11 is 0. The highest BCUT2D eigenvalue weighted by atomic mass is 16.5. The van der Waals surface area contributed by atoms with Crippen molar-refractivity contribution < 1.29 is 9.47 Å². The summed E-state index contributed by atoms with van der Waals surface area (Å²) in [7, 11) is 1.62. The molecule has 4 aromatic rings. The molecule has 0 atom stereocenters. The van der Waals surface area contributed by atoms with Gasteiger partial charge in [0.15, 0.2) is 0 Å². The minimum atomic E-state index is 0.516. The third-order valence-electron chi connectivity index (χ3n) is 4.06. The van der Waals surface area contributed by atoms with Gasteiger partial charge in [-0.15, -0.1) is 0 Å². The molecule has 0 bridgehead atoms. The molecule has 0 fully saturated rings. The first-order valence-corrected chi connectivity index (χ1v) is 8.48. The van der Waals surface area contributed by atoms with Crippen molar-refractivity contribution >= 4 is 0 Å². The van der Waals surface area contributed by atoms with Crippen LogP contribution in [0.15, 0.2) is 73.3 Å². The van der Waals surface area contributed by atoms with E-state index < -0.39 is 0 Å². The van der Waals surface area contributed by atoms with E-state index in [0.29, 0.717) is 17.4 Å². The maximum atomic E-state index is 6.13. The van der Waals surface area contributed by atoms with E-state index >= 15 is 0 Å². The van der Waals surface area contributed by atoms with Gasteiger partial charge in [-0.3, -0.25) is 4.98 Å². The quantitative estimate of drug-likeness (QED) is 0.528. The Hall–Kier alpha value is -3.67. The van der Waals surface area contributed by atoms with E-state index in [1.165, 1.54) is 0 Å². The number of aryl methyl sites for hydroxylation is 1. The number of hydrogen-bond acceptors (Lipinski definition) is 5. The molecule has 0 N–H and O–H groups in total. The Bertz CT molecular complexity index is 1060. The molecule has 0 amide bonds. The third kappa shape index (κ3) is 3.64. The summed E-state index contributed by atoms with van der Waals surface area (Å²) in [5, 5.41) is 4.27. The van der Waals surface area contributed by atoms with Gasteiger partial charge in [0.25, 0.3) is 0 Å². The predicted octanol–water partition coefficient (Wildman–Crippen LogP) is 4.44.